The van der Waals surface area contributed by atoms with Crippen LogP contribution in [0.15, 0.2) is 27.8 Å². The fourth-order valence-corrected chi connectivity index (χ4v) is 2.46. The van der Waals surface area contributed by atoms with Crippen molar-refractivity contribution in [3.63, 3.8) is 0 Å². The maximum atomic E-state index is 5.54. The van der Waals surface area contributed by atoms with Crippen LogP contribution >= 0.6 is 0 Å². The summed E-state index contributed by atoms with van der Waals surface area (Å²) in [6.45, 7) is 7.20. The second-order valence-corrected chi connectivity index (χ2v) is 6.29. The molecule has 1 aromatic heterocycles. The number of nitrogens with one attached hydrogen (secondary N) is 2. The lowest BCUT2D eigenvalue weighted by molar-refractivity contribution is 0.180. The molecule has 0 bridgehead atoms. The lowest BCUT2D eigenvalue weighted by Gasteiger charge is -2.21. The summed E-state index contributed by atoms with van der Waals surface area (Å²) in [6, 6.07) is 4.04. The number of aliphatic imine (C=N–C) groups is 1. The Balaban J connectivity index is 2.47. The van der Waals surface area contributed by atoms with Crippen LogP contribution in [0.3, 0.4) is 0 Å². The average molecular weight is 354 g/mol. The molecule has 0 fully saturated rings. The first-order valence-corrected chi connectivity index (χ1v) is 8.98. The average Bonchev–Trinajstić information content (AvgIpc) is 3.09. The fraction of sp³-hybridized carbons (Fsp3) is 0.722. The van der Waals surface area contributed by atoms with Gasteiger partial charge >= 0.3 is 0 Å². The van der Waals surface area contributed by atoms with Crippen LogP contribution in [0.2, 0.25) is 0 Å². The molecule has 0 aliphatic carbocycles. The maximum absolute atomic E-state index is 5.54. The van der Waals surface area contributed by atoms with Gasteiger partial charge < -0.3 is 24.7 Å². The van der Waals surface area contributed by atoms with E-state index in [2.05, 4.69) is 34.4 Å². The third-order valence-corrected chi connectivity index (χ3v) is 3.94. The van der Waals surface area contributed by atoms with Gasteiger partial charge in [-0.25, -0.2) is 0 Å². The van der Waals surface area contributed by atoms with E-state index < -0.39 is 0 Å². The Morgan fingerprint density at radius 2 is 2.08 bits per heavy atom. The van der Waals surface area contributed by atoms with Crippen LogP contribution in [0.25, 0.3) is 0 Å². The van der Waals surface area contributed by atoms with Crippen molar-refractivity contribution in [2.45, 2.75) is 19.4 Å². The van der Waals surface area contributed by atoms with Gasteiger partial charge in [0, 0.05) is 39.9 Å². The Labute approximate surface area is 152 Å². The molecule has 0 saturated heterocycles. The quantitative estimate of drug-likeness (QED) is 0.336. The second kappa shape index (κ2) is 12.7. The number of likely N-dealkylation sites (N-methyl/N-ethyl adjacent to an activating group) is 2. The van der Waals surface area contributed by atoms with Crippen LogP contribution in [-0.2, 0) is 4.74 Å². The lowest BCUT2D eigenvalue weighted by atomic mass is 10.2. The zero-order chi connectivity index (χ0) is 18.5. The molecule has 0 aliphatic rings. The summed E-state index contributed by atoms with van der Waals surface area (Å²) in [7, 11) is 7.95. The molecule has 7 heteroatoms. The molecule has 25 heavy (non-hydrogen) atoms. The molecule has 0 aliphatic heterocycles. The molecular formula is C18H35N5O2. The van der Waals surface area contributed by atoms with Crippen molar-refractivity contribution in [3.8, 4) is 0 Å². The first kappa shape index (κ1) is 21.5. The summed E-state index contributed by atoms with van der Waals surface area (Å²) < 4.78 is 10.6. The van der Waals surface area contributed by atoms with Gasteiger partial charge in [-0.1, -0.05) is 0 Å². The summed E-state index contributed by atoms with van der Waals surface area (Å²) in [5, 5.41) is 6.70. The highest BCUT2D eigenvalue weighted by atomic mass is 16.5. The van der Waals surface area contributed by atoms with Gasteiger partial charge in [-0.2, -0.15) is 0 Å². The topological polar surface area (TPSA) is 65.3 Å². The highest BCUT2D eigenvalue weighted by Crippen LogP contribution is 2.18. The minimum absolute atomic E-state index is 0.127. The van der Waals surface area contributed by atoms with E-state index in [0.29, 0.717) is 6.54 Å². The number of methoxy groups -OCH3 is 1. The van der Waals surface area contributed by atoms with E-state index in [4.69, 9.17) is 14.1 Å². The largest absolute Gasteiger partial charge is 0.468 e. The van der Waals surface area contributed by atoms with E-state index in [9.17, 15) is 0 Å². The Kier molecular flexibility index (Phi) is 10.9. The summed E-state index contributed by atoms with van der Waals surface area (Å²) >= 11 is 0. The van der Waals surface area contributed by atoms with Crippen LogP contribution in [0.5, 0.6) is 0 Å². The van der Waals surface area contributed by atoms with Gasteiger partial charge in [-0.15, -0.1) is 0 Å². The minimum atomic E-state index is 0.127. The Hall–Kier alpha value is -1.57. The van der Waals surface area contributed by atoms with Gasteiger partial charge in [0.25, 0.3) is 0 Å². The molecule has 0 spiro atoms. The van der Waals surface area contributed by atoms with E-state index in [1.54, 1.807) is 13.4 Å². The predicted molar refractivity (Wildman–Crippen MR) is 103 cm³/mol. The highest BCUT2D eigenvalue weighted by Gasteiger charge is 2.16. The molecule has 0 aromatic carbocycles. The van der Waals surface area contributed by atoms with E-state index in [0.717, 1.165) is 50.9 Å². The molecule has 0 saturated carbocycles. The van der Waals surface area contributed by atoms with Gasteiger partial charge in [0.1, 0.15) is 5.76 Å². The molecular weight excluding hydrogens is 318 g/mol. The van der Waals surface area contributed by atoms with Gasteiger partial charge in [-0.05, 0) is 46.6 Å². The normalized spacial score (nSPS) is 13.5. The van der Waals surface area contributed by atoms with Crippen LogP contribution < -0.4 is 10.6 Å². The van der Waals surface area contributed by atoms with E-state index in [1.165, 1.54) is 0 Å². The van der Waals surface area contributed by atoms with Gasteiger partial charge in [0.2, 0.25) is 0 Å². The summed E-state index contributed by atoms with van der Waals surface area (Å²) in [5.74, 6) is 1.77. The van der Waals surface area contributed by atoms with Crippen LogP contribution in [-0.4, -0.2) is 83.3 Å². The lowest BCUT2D eigenvalue weighted by Crippen LogP contribution is -2.41. The number of nitrogens with zero attached hydrogens (tertiary/aromatic N) is 3. The van der Waals surface area contributed by atoms with E-state index in [-0.39, 0.29) is 6.04 Å². The van der Waals surface area contributed by atoms with Gasteiger partial charge in [0.05, 0.1) is 18.8 Å². The molecule has 144 valence electrons. The molecule has 1 heterocycles. The third kappa shape index (κ3) is 8.90. The predicted octanol–water partition coefficient (Wildman–Crippen LogP) is 1.41. The van der Waals surface area contributed by atoms with Gasteiger partial charge in [0.15, 0.2) is 5.96 Å². The molecule has 0 radical (unpaired) electrons. The highest BCUT2D eigenvalue weighted by molar-refractivity contribution is 5.79. The number of furan rings is 1. The van der Waals surface area contributed by atoms with E-state index in [1.807, 2.05) is 26.2 Å². The van der Waals surface area contributed by atoms with Crippen LogP contribution in [0.1, 0.15) is 25.1 Å². The standard InChI is InChI=1S/C18H35N5O2/c1-6-19-18(20-10-12-23(4)11-8-13-24-5)21-15-16(22(2)3)17-9-7-14-25-17/h7,9,14,16H,6,8,10-13,15H2,1-5H3,(H2,19,20,21). The monoisotopic (exact) mass is 353 g/mol. The van der Waals surface area contributed by atoms with Gasteiger partial charge in [-0.3, -0.25) is 9.89 Å². The van der Waals surface area contributed by atoms with Crippen molar-refractivity contribution < 1.29 is 9.15 Å². The maximum Gasteiger partial charge on any atom is 0.191 e. The molecule has 1 aromatic rings. The van der Waals surface area contributed by atoms with Crippen LogP contribution in [0.4, 0.5) is 0 Å². The summed E-state index contributed by atoms with van der Waals surface area (Å²) in [5.41, 5.74) is 0. The van der Waals surface area contributed by atoms with Crippen molar-refractivity contribution in [2.24, 2.45) is 4.99 Å². The Bertz CT molecular complexity index is 462. The van der Waals surface area contributed by atoms with E-state index >= 15 is 0 Å². The Morgan fingerprint density at radius 1 is 1.28 bits per heavy atom. The third-order valence-electron chi connectivity index (χ3n) is 3.94. The molecule has 7 nitrogen and oxygen atoms in total. The molecule has 1 unspecified atom stereocenters. The van der Waals surface area contributed by atoms with Crippen molar-refractivity contribution in [2.75, 3.05) is 67.6 Å². The number of rotatable bonds is 12. The molecule has 0 amide bonds. The summed E-state index contributed by atoms with van der Waals surface area (Å²) in [4.78, 5) is 9.13. The SMILES string of the molecule is CCNC(=NCC(c1ccco1)N(C)C)NCCN(C)CCCOC. The zero-order valence-electron chi connectivity index (χ0n) is 16.4. The van der Waals surface area contributed by atoms with Crippen molar-refractivity contribution >= 4 is 5.96 Å². The number of ether oxygens (including phenoxy) is 1. The first-order chi connectivity index (χ1) is 12.1. The number of hydrogen-bond donors (Lipinski definition) is 2. The zero-order valence-corrected chi connectivity index (χ0v) is 16.4. The first-order valence-electron chi connectivity index (χ1n) is 8.98. The fourth-order valence-electron chi connectivity index (χ4n) is 2.46. The second-order valence-electron chi connectivity index (χ2n) is 6.29. The molecule has 1 atom stereocenters. The van der Waals surface area contributed by atoms with Crippen LogP contribution in [0, 0.1) is 0 Å². The van der Waals surface area contributed by atoms with Crippen molar-refractivity contribution in [3.05, 3.63) is 24.2 Å². The molecule has 1 rings (SSSR count). The number of hydrogen-bond acceptors (Lipinski definition) is 5. The minimum Gasteiger partial charge on any atom is -0.468 e. The number of guanidine groups is 1. The van der Waals surface area contributed by atoms with Crippen molar-refractivity contribution in [1.82, 2.24) is 20.4 Å². The van der Waals surface area contributed by atoms with Crippen molar-refractivity contribution in [1.29, 1.82) is 0 Å². The molecule has 2 N–H and O–H groups in total. The Morgan fingerprint density at radius 3 is 2.68 bits per heavy atom. The summed E-state index contributed by atoms with van der Waals surface area (Å²) in [6.07, 6.45) is 2.76. The smallest absolute Gasteiger partial charge is 0.191 e.